The summed E-state index contributed by atoms with van der Waals surface area (Å²) in [6.45, 7) is 3.75. The number of carbonyl (C=O) groups excluding carboxylic acids is 1. The normalized spacial score (nSPS) is 12.0. The molecule has 1 amide bonds. The molecule has 0 aromatic heterocycles. The van der Waals surface area contributed by atoms with Gasteiger partial charge in [0.05, 0.1) is 5.25 Å². The van der Waals surface area contributed by atoms with Crippen LogP contribution < -0.4 is 5.32 Å². The van der Waals surface area contributed by atoms with E-state index in [9.17, 15) is 13.6 Å². The monoisotopic (exact) mass is 307 g/mol. The van der Waals surface area contributed by atoms with Gasteiger partial charge in [-0.15, -0.1) is 11.8 Å². The van der Waals surface area contributed by atoms with Crippen LogP contribution in [-0.4, -0.2) is 11.2 Å². The van der Waals surface area contributed by atoms with E-state index in [0.29, 0.717) is 0 Å². The summed E-state index contributed by atoms with van der Waals surface area (Å²) < 4.78 is 25.9. The van der Waals surface area contributed by atoms with Gasteiger partial charge in [-0.05, 0) is 38.1 Å². The number of amides is 1. The lowest BCUT2D eigenvalue weighted by Crippen LogP contribution is -2.22. The van der Waals surface area contributed by atoms with Crippen LogP contribution in [0.3, 0.4) is 0 Å². The maximum Gasteiger partial charge on any atom is 0.237 e. The van der Waals surface area contributed by atoms with Crippen LogP contribution in [-0.2, 0) is 4.79 Å². The van der Waals surface area contributed by atoms with Gasteiger partial charge in [-0.1, -0.05) is 17.7 Å². The third kappa shape index (κ3) is 4.29. The first-order chi connectivity index (χ1) is 9.95. The number of hydrogen-bond donors (Lipinski definition) is 1. The molecule has 0 spiro atoms. The summed E-state index contributed by atoms with van der Waals surface area (Å²) in [7, 11) is 0. The van der Waals surface area contributed by atoms with Crippen molar-refractivity contribution in [1.29, 1.82) is 0 Å². The van der Waals surface area contributed by atoms with Crippen molar-refractivity contribution < 1.29 is 13.6 Å². The number of hydrogen-bond acceptors (Lipinski definition) is 2. The molecule has 2 rings (SSSR count). The Morgan fingerprint density at radius 2 is 1.90 bits per heavy atom. The molecule has 1 atom stereocenters. The second kappa shape index (κ2) is 6.72. The third-order valence-corrected chi connectivity index (χ3v) is 3.95. The van der Waals surface area contributed by atoms with Crippen molar-refractivity contribution in [2.45, 2.75) is 24.0 Å². The SMILES string of the molecule is Cc1cccc(SC(C)C(=O)Nc2ccc(F)c(F)c2)c1. The second-order valence-corrected chi connectivity index (χ2v) is 6.11. The Labute approximate surface area is 126 Å². The Morgan fingerprint density at radius 3 is 2.57 bits per heavy atom. The van der Waals surface area contributed by atoms with Crippen LogP contribution in [0.25, 0.3) is 0 Å². The standard InChI is InChI=1S/C16H15F2NOS/c1-10-4-3-5-13(8-10)21-11(2)16(20)19-12-6-7-14(17)15(18)9-12/h3-9,11H,1-2H3,(H,19,20). The van der Waals surface area contributed by atoms with E-state index in [0.717, 1.165) is 22.6 Å². The fourth-order valence-electron chi connectivity index (χ4n) is 1.76. The summed E-state index contributed by atoms with van der Waals surface area (Å²) in [5, 5.41) is 2.23. The molecule has 0 radical (unpaired) electrons. The quantitative estimate of drug-likeness (QED) is 0.849. The van der Waals surface area contributed by atoms with E-state index in [-0.39, 0.29) is 16.8 Å². The summed E-state index contributed by atoms with van der Waals surface area (Å²) in [5.74, 6) is -2.17. The van der Waals surface area contributed by atoms with Crippen LogP contribution >= 0.6 is 11.8 Å². The number of halogens is 2. The second-order valence-electron chi connectivity index (χ2n) is 4.69. The maximum atomic E-state index is 13.1. The van der Waals surface area contributed by atoms with Crippen LogP contribution in [0.15, 0.2) is 47.4 Å². The maximum absolute atomic E-state index is 13.1. The van der Waals surface area contributed by atoms with Crippen LogP contribution in [0.1, 0.15) is 12.5 Å². The first kappa shape index (κ1) is 15.5. The molecule has 0 bridgehead atoms. The summed E-state index contributed by atoms with van der Waals surface area (Å²) in [6, 6.07) is 11.1. The van der Waals surface area contributed by atoms with Gasteiger partial charge in [-0.2, -0.15) is 0 Å². The number of thioether (sulfide) groups is 1. The molecule has 110 valence electrons. The lowest BCUT2D eigenvalue weighted by molar-refractivity contribution is -0.115. The number of benzene rings is 2. The molecule has 0 heterocycles. The molecule has 2 nitrogen and oxygen atoms in total. The Balaban J connectivity index is 2.00. The topological polar surface area (TPSA) is 29.1 Å². The summed E-state index contributed by atoms with van der Waals surface area (Å²) in [4.78, 5) is 13.0. The molecule has 0 saturated carbocycles. The predicted octanol–water partition coefficient (Wildman–Crippen LogP) is 4.39. The molecular formula is C16H15F2NOS. The number of aryl methyl sites for hydroxylation is 1. The van der Waals surface area contributed by atoms with Gasteiger partial charge >= 0.3 is 0 Å². The van der Waals surface area contributed by atoms with E-state index in [1.807, 2.05) is 31.2 Å². The molecule has 0 fully saturated rings. The number of anilines is 1. The Bertz CT molecular complexity index is 660. The first-order valence-electron chi connectivity index (χ1n) is 6.45. The van der Waals surface area contributed by atoms with Crippen molar-refractivity contribution in [3.05, 3.63) is 59.7 Å². The molecule has 5 heteroatoms. The highest BCUT2D eigenvalue weighted by atomic mass is 32.2. The van der Waals surface area contributed by atoms with E-state index >= 15 is 0 Å². The highest BCUT2D eigenvalue weighted by molar-refractivity contribution is 8.00. The van der Waals surface area contributed by atoms with Crippen LogP contribution in [0.2, 0.25) is 0 Å². The molecule has 1 unspecified atom stereocenters. The highest BCUT2D eigenvalue weighted by Gasteiger charge is 2.15. The fourth-order valence-corrected chi connectivity index (χ4v) is 2.75. The highest BCUT2D eigenvalue weighted by Crippen LogP contribution is 2.25. The van der Waals surface area contributed by atoms with Crippen molar-refractivity contribution in [1.82, 2.24) is 0 Å². The molecule has 0 aliphatic rings. The van der Waals surface area contributed by atoms with Crippen LogP contribution in [0.5, 0.6) is 0 Å². The van der Waals surface area contributed by atoms with E-state index in [2.05, 4.69) is 5.32 Å². The van der Waals surface area contributed by atoms with Gasteiger partial charge in [0.25, 0.3) is 0 Å². The molecule has 1 N–H and O–H groups in total. The lowest BCUT2D eigenvalue weighted by atomic mass is 10.2. The van der Waals surface area contributed by atoms with E-state index in [1.54, 1.807) is 6.92 Å². The number of rotatable bonds is 4. The molecule has 2 aromatic carbocycles. The minimum Gasteiger partial charge on any atom is -0.325 e. The molecule has 21 heavy (non-hydrogen) atoms. The Kier molecular flexibility index (Phi) is 4.96. The van der Waals surface area contributed by atoms with Gasteiger partial charge in [0.1, 0.15) is 0 Å². The third-order valence-electron chi connectivity index (χ3n) is 2.86. The zero-order valence-corrected chi connectivity index (χ0v) is 12.5. The molecular weight excluding hydrogens is 292 g/mol. The smallest absolute Gasteiger partial charge is 0.237 e. The zero-order valence-electron chi connectivity index (χ0n) is 11.7. The zero-order chi connectivity index (χ0) is 15.4. The van der Waals surface area contributed by atoms with Gasteiger partial charge < -0.3 is 5.32 Å². The van der Waals surface area contributed by atoms with Gasteiger partial charge in [-0.25, -0.2) is 8.78 Å². The molecule has 0 aliphatic carbocycles. The molecule has 0 aliphatic heterocycles. The van der Waals surface area contributed by atoms with Crippen molar-refractivity contribution in [2.75, 3.05) is 5.32 Å². The minimum absolute atomic E-state index is 0.246. The average molecular weight is 307 g/mol. The number of carbonyl (C=O) groups is 1. The number of nitrogens with one attached hydrogen (secondary N) is 1. The summed E-state index contributed by atoms with van der Waals surface area (Å²) >= 11 is 1.41. The van der Waals surface area contributed by atoms with Crippen molar-refractivity contribution >= 4 is 23.4 Å². The summed E-state index contributed by atoms with van der Waals surface area (Å²) in [6.07, 6.45) is 0. The van der Waals surface area contributed by atoms with Crippen LogP contribution in [0.4, 0.5) is 14.5 Å². The van der Waals surface area contributed by atoms with Gasteiger partial charge in [0.15, 0.2) is 11.6 Å². The molecule has 0 saturated heterocycles. The predicted molar refractivity (Wildman–Crippen MR) is 81.5 cm³/mol. The average Bonchev–Trinajstić information content (AvgIpc) is 2.43. The Hall–Kier alpha value is -1.88. The fraction of sp³-hybridized carbons (Fsp3) is 0.188. The van der Waals surface area contributed by atoms with Crippen molar-refractivity contribution in [3.63, 3.8) is 0 Å². The largest absolute Gasteiger partial charge is 0.325 e. The van der Waals surface area contributed by atoms with E-state index < -0.39 is 11.6 Å². The first-order valence-corrected chi connectivity index (χ1v) is 7.33. The molecule has 2 aromatic rings. The van der Waals surface area contributed by atoms with Crippen LogP contribution in [0, 0.1) is 18.6 Å². The van der Waals surface area contributed by atoms with Gasteiger partial charge in [0.2, 0.25) is 5.91 Å². The van der Waals surface area contributed by atoms with Gasteiger partial charge in [-0.3, -0.25) is 4.79 Å². The summed E-state index contributed by atoms with van der Waals surface area (Å²) in [5.41, 5.74) is 1.36. The van der Waals surface area contributed by atoms with E-state index in [4.69, 9.17) is 0 Å². The lowest BCUT2D eigenvalue weighted by Gasteiger charge is -2.12. The van der Waals surface area contributed by atoms with E-state index in [1.165, 1.54) is 17.8 Å². The van der Waals surface area contributed by atoms with Crippen molar-refractivity contribution in [3.8, 4) is 0 Å². The van der Waals surface area contributed by atoms with Crippen molar-refractivity contribution in [2.24, 2.45) is 0 Å². The van der Waals surface area contributed by atoms with Gasteiger partial charge in [0, 0.05) is 16.6 Å². The minimum atomic E-state index is -0.980. The Morgan fingerprint density at radius 1 is 1.14 bits per heavy atom.